The van der Waals surface area contributed by atoms with Gasteiger partial charge in [0.15, 0.2) is 17.9 Å². The molecule has 1 unspecified atom stereocenters. The van der Waals surface area contributed by atoms with Gasteiger partial charge in [0.1, 0.15) is 18.2 Å². The summed E-state index contributed by atoms with van der Waals surface area (Å²) in [5, 5.41) is 5.96. The minimum atomic E-state index is -4.41. The minimum Gasteiger partial charge on any atom is -0.443 e. The van der Waals surface area contributed by atoms with Gasteiger partial charge in [0.25, 0.3) is 0 Å². The maximum absolute atomic E-state index is 12.6. The van der Waals surface area contributed by atoms with E-state index in [1.54, 1.807) is 36.5 Å². The van der Waals surface area contributed by atoms with Crippen LogP contribution in [-0.2, 0) is 5.79 Å². The Kier molecular flexibility index (Phi) is 4.15. The number of anilines is 1. The molecule has 1 aliphatic heterocycles. The van der Waals surface area contributed by atoms with E-state index in [1.165, 1.54) is 6.39 Å². The molecule has 0 amide bonds. The molecule has 0 radical (unpaired) electrons. The van der Waals surface area contributed by atoms with Crippen LogP contribution in [0.2, 0.25) is 0 Å². The molecule has 4 rings (SSSR count). The molecule has 146 valence electrons. The van der Waals surface area contributed by atoms with Crippen LogP contribution in [0, 0.1) is 6.92 Å². The number of aromatic amines is 1. The zero-order valence-electron chi connectivity index (χ0n) is 14.8. The molecular formula is C18H17F3N6O. The number of hydrogen-bond acceptors (Lipinski definition) is 5. The molecule has 3 heterocycles. The van der Waals surface area contributed by atoms with E-state index in [4.69, 9.17) is 10.2 Å². The SMILES string of the molecule is Cc1ncoc1-c1ccc(C2(N)NC(=NCC(F)(F)F)c3cc[nH]c3N2)cc1. The predicted molar refractivity (Wildman–Crippen MR) is 97.6 cm³/mol. The molecule has 1 aromatic carbocycles. The number of nitrogens with two attached hydrogens (primary N) is 1. The van der Waals surface area contributed by atoms with E-state index in [0.29, 0.717) is 22.7 Å². The highest BCUT2D eigenvalue weighted by molar-refractivity contribution is 6.05. The fraction of sp³-hybridized carbons (Fsp3) is 0.222. The third kappa shape index (κ3) is 3.33. The van der Waals surface area contributed by atoms with Gasteiger partial charge in [-0.25, -0.2) is 4.98 Å². The Labute approximate surface area is 157 Å². The number of aromatic nitrogens is 2. The number of benzene rings is 1. The second-order valence-electron chi connectivity index (χ2n) is 6.45. The lowest BCUT2D eigenvalue weighted by molar-refractivity contribution is -0.118. The first-order chi connectivity index (χ1) is 13.3. The molecule has 0 spiro atoms. The van der Waals surface area contributed by atoms with Crippen LogP contribution in [0.3, 0.4) is 0 Å². The van der Waals surface area contributed by atoms with Gasteiger partial charge in [0.05, 0.1) is 11.3 Å². The van der Waals surface area contributed by atoms with Crippen LogP contribution in [0.25, 0.3) is 11.3 Å². The van der Waals surface area contributed by atoms with Gasteiger partial charge in [-0.05, 0) is 13.0 Å². The molecule has 0 saturated carbocycles. The van der Waals surface area contributed by atoms with Gasteiger partial charge in [-0.2, -0.15) is 13.2 Å². The number of amidine groups is 1. The molecule has 0 fully saturated rings. The molecule has 1 aliphatic rings. The first kappa shape index (κ1) is 18.1. The predicted octanol–water partition coefficient (Wildman–Crippen LogP) is 3.07. The second kappa shape index (κ2) is 6.41. The number of aryl methyl sites for hydroxylation is 1. The first-order valence-electron chi connectivity index (χ1n) is 8.40. The number of rotatable bonds is 3. The lowest BCUT2D eigenvalue weighted by Crippen LogP contribution is -2.61. The van der Waals surface area contributed by atoms with Crippen LogP contribution in [0.1, 0.15) is 16.8 Å². The van der Waals surface area contributed by atoms with Crippen molar-refractivity contribution in [2.45, 2.75) is 18.9 Å². The third-order valence-corrected chi connectivity index (χ3v) is 4.40. The highest BCUT2D eigenvalue weighted by Crippen LogP contribution is 2.30. The highest BCUT2D eigenvalue weighted by atomic mass is 19.4. The molecule has 10 heteroatoms. The van der Waals surface area contributed by atoms with Crippen molar-refractivity contribution in [2.75, 3.05) is 11.9 Å². The summed E-state index contributed by atoms with van der Waals surface area (Å²) in [6, 6.07) is 8.74. The van der Waals surface area contributed by atoms with Gasteiger partial charge in [0.2, 0.25) is 0 Å². The van der Waals surface area contributed by atoms with E-state index >= 15 is 0 Å². The molecule has 1 atom stereocenters. The van der Waals surface area contributed by atoms with Gasteiger partial charge < -0.3 is 20.0 Å². The largest absolute Gasteiger partial charge is 0.443 e. The molecular weight excluding hydrogens is 373 g/mol. The smallest absolute Gasteiger partial charge is 0.408 e. The van der Waals surface area contributed by atoms with Crippen molar-refractivity contribution < 1.29 is 17.6 Å². The number of H-pyrrole nitrogens is 1. The van der Waals surface area contributed by atoms with E-state index in [0.717, 1.165) is 11.3 Å². The quantitative estimate of drug-likeness (QED) is 0.550. The molecule has 5 N–H and O–H groups in total. The topological polar surface area (TPSA) is 104 Å². The number of alkyl halides is 3. The third-order valence-electron chi connectivity index (χ3n) is 4.40. The number of hydrogen-bond donors (Lipinski definition) is 4. The van der Waals surface area contributed by atoms with Gasteiger partial charge in [-0.15, -0.1) is 0 Å². The van der Waals surface area contributed by atoms with E-state index < -0.39 is 18.5 Å². The summed E-state index contributed by atoms with van der Waals surface area (Å²) in [7, 11) is 0. The average Bonchev–Trinajstić information content (AvgIpc) is 3.27. The van der Waals surface area contributed by atoms with E-state index in [-0.39, 0.29) is 5.84 Å². The Hall–Kier alpha value is -3.27. The number of fused-ring (bicyclic) bond motifs is 1. The highest BCUT2D eigenvalue weighted by Gasteiger charge is 2.36. The summed E-state index contributed by atoms with van der Waals surface area (Å²) >= 11 is 0. The number of halogens is 3. The van der Waals surface area contributed by atoms with Gasteiger partial charge in [-0.3, -0.25) is 10.7 Å². The van der Waals surface area contributed by atoms with Crippen molar-refractivity contribution in [2.24, 2.45) is 10.7 Å². The molecule has 0 aliphatic carbocycles. The monoisotopic (exact) mass is 390 g/mol. The zero-order valence-corrected chi connectivity index (χ0v) is 14.8. The molecule has 0 bridgehead atoms. The summed E-state index contributed by atoms with van der Waals surface area (Å²) in [6.45, 7) is 0.525. The fourth-order valence-corrected chi connectivity index (χ4v) is 3.05. The van der Waals surface area contributed by atoms with E-state index in [1.807, 2.05) is 6.92 Å². The lowest BCUT2D eigenvalue weighted by atomic mass is 10.0. The number of nitrogens with one attached hydrogen (secondary N) is 3. The second-order valence-corrected chi connectivity index (χ2v) is 6.45. The zero-order chi connectivity index (χ0) is 19.9. The van der Waals surface area contributed by atoms with Crippen molar-refractivity contribution >= 4 is 11.7 Å². The lowest BCUT2D eigenvalue weighted by Gasteiger charge is -2.38. The van der Waals surface area contributed by atoms with E-state index in [9.17, 15) is 13.2 Å². The summed E-state index contributed by atoms with van der Waals surface area (Å²) in [4.78, 5) is 10.7. The number of aliphatic imine (C=N–C) groups is 1. The van der Waals surface area contributed by atoms with Crippen molar-refractivity contribution in [3.05, 3.63) is 59.7 Å². The van der Waals surface area contributed by atoms with Crippen LogP contribution in [-0.4, -0.2) is 28.5 Å². The minimum absolute atomic E-state index is 0.0602. The summed E-state index contributed by atoms with van der Waals surface area (Å²) in [5.41, 5.74) is 9.09. The van der Waals surface area contributed by atoms with Gasteiger partial charge >= 0.3 is 6.18 Å². The summed E-state index contributed by atoms with van der Waals surface area (Å²) in [5.74, 6) is -0.166. The van der Waals surface area contributed by atoms with E-state index in [2.05, 4.69) is 25.6 Å². The van der Waals surface area contributed by atoms with Crippen LogP contribution >= 0.6 is 0 Å². The number of oxazole rings is 1. The summed E-state index contributed by atoms with van der Waals surface area (Å²) in [6.07, 6.45) is -1.45. The number of nitrogens with zero attached hydrogens (tertiary/aromatic N) is 2. The maximum atomic E-state index is 12.6. The molecule has 28 heavy (non-hydrogen) atoms. The Morgan fingerprint density at radius 1 is 1.18 bits per heavy atom. The summed E-state index contributed by atoms with van der Waals surface area (Å²) < 4.78 is 43.3. The Morgan fingerprint density at radius 2 is 1.93 bits per heavy atom. The fourth-order valence-electron chi connectivity index (χ4n) is 3.05. The average molecular weight is 390 g/mol. The van der Waals surface area contributed by atoms with Gasteiger partial charge in [-0.1, -0.05) is 24.3 Å². The maximum Gasteiger partial charge on any atom is 0.408 e. The van der Waals surface area contributed by atoms with Crippen LogP contribution in [0.4, 0.5) is 19.0 Å². The van der Waals surface area contributed by atoms with Crippen molar-refractivity contribution in [1.82, 2.24) is 15.3 Å². The van der Waals surface area contributed by atoms with Gasteiger partial charge in [0, 0.05) is 17.3 Å². The van der Waals surface area contributed by atoms with Crippen molar-refractivity contribution in [3.8, 4) is 11.3 Å². The first-order valence-corrected chi connectivity index (χ1v) is 8.40. The molecule has 0 saturated heterocycles. The standard InChI is InChI=1S/C18H17F3N6O/c1-10-14(28-9-25-10)11-2-4-12(5-3-11)18(22)26-15-13(6-7-23-15)16(27-18)24-8-17(19,20)21/h2-7,9,23,26H,8,22H2,1H3,(H,24,27). The van der Waals surface area contributed by atoms with Crippen LogP contribution in [0.5, 0.6) is 0 Å². The normalized spacial score (nSPS) is 20.5. The Bertz CT molecular complexity index is 1020. The van der Waals surface area contributed by atoms with Crippen molar-refractivity contribution in [1.29, 1.82) is 0 Å². The van der Waals surface area contributed by atoms with Crippen LogP contribution in [0.15, 0.2) is 52.3 Å². The Morgan fingerprint density at radius 3 is 2.57 bits per heavy atom. The van der Waals surface area contributed by atoms with Crippen molar-refractivity contribution in [3.63, 3.8) is 0 Å². The molecule has 7 nitrogen and oxygen atoms in total. The Balaban J connectivity index is 1.67. The molecule has 3 aromatic rings. The molecule has 2 aromatic heterocycles. The van der Waals surface area contributed by atoms with Crippen LogP contribution < -0.4 is 16.4 Å².